The Bertz CT molecular complexity index is 1270. The van der Waals surface area contributed by atoms with Gasteiger partial charge in [-0.3, -0.25) is 9.89 Å². The van der Waals surface area contributed by atoms with E-state index in [0.717, 1.165) is 31.2 Å². The number of urea groups is 1. The zero-order chi connectivity index (χ0) is 27.2. The van der Waals surface area contributed by atoms with E-state index in [1.54, 1.807) is 19.5 Å². The first-order valence-corrected chi connectivity index (χ1v) is 13.3. The molecule has 2 unspecified atom stereocenters. The highest BCUT2D eigenvalue weighted by atomic mass is 16.6. The van der Waals surface area contributed by atoms with Gasteiger partial charge in [-0.25, -0.2) is 9.59 Å². The number of cyclic esters (lactones) is 1. The van der Waals surface area contributed by atoms with E-state index < -0.39 is 24.4 Å². The summed E-state index contributed by atoms with van der Waals surface area (Å²) in [5, 5.41) is 8.92. The summed E-state index contributed by atoms with van der Waals surface area (Å²) in [5.41, 5.74) is 1.99. The molecule has 10 nitrogen and oxygen atoms in total. The summed E-state index contributed by atoms with van der Waals surface area (Å²) < 4.78 is 17.7. The van der Waals surface area contributed by atoms with Crippen molar-refractivity contribution in [2.75, 3.05) is 13.7 Å². The van der Waals surface area contributed by atoms with Crippen LogP contribution < -0.4 is 14.8 Å². The van der Waals surface area contributed by atoms with Crippen molar-refractivity contribution in [2.24, 2.45) is 10.1 Å². The Hall–Kier alpha value is -4.34. The number of hydrogen-bond donors (Lipinski definition) is 1. The third-order valence-electron chi connectivity index (χ3n) is 6.97. The molecular formula is C29H33N5O5. The quantitative estimate of drug-likeness (QED) is 0.503. The van der Waals surface area contributed by atoms with E-state index in [0.29, 0.717) is 35.7 Å². The van der Waals surface area contributed by atoms with Crippen LogP contribution in [0.15, 0.2) is 71.0 Å². The van der Waals surface area contributed by atoms with Crippen molar-refractivity contribution in [1.29, 1.82) is 0 Å². The van der Waals surface area contributed by atoms with Gasteiger partial charge in [-0.1, -0.05) is 37.3 Å². The number of benzene rings is 2. The topological polar surface area (TPSA) is 105 Å². The molecule has 10 heteroatoms. The van der Waals surface area contributed by atoms with Gasteiger partial charge >= 0.3 is 12.1 Å². The van der Waals surface area contributed by atoms with Gasteiger partial charge in [0.2, 0.25) is 0 Å². The Kier molecular flexibility index (Phi) is 8.10. The molecule has 2 aromatic carbocycles. The summed E-state index contributed by atoms with van der Waals surface area (Å²) in [6.07, 6.45) is 7.62. The largest absolute Gasteiger partial charge is 0.493 e. The average Bonchev–Trinajstić information content (AvgIpc) is 3.50. The molecular weight excluding hydrogens is 498 g/mol. The molecule has 3 aliphatic rings. The zero-order valence-electron chi connectivity index (χ0n) is 22.2. The number of hydrazone groups is 1. The van der Waals surface area contributed by atoms with Gasteiger partial charge in [0, 0.05) is 24.2 Å². The van der Waals surface area contributed by atoms with Gasteiger partial charge in [0.25, 0.3) is 0 Å². The molecule has 204 valence electrons. The van der Waals surface area contributed by atoms with Gasteiger partial charge < -0.3 is 19.5 Å². The number of ether oxygens (including phenoxy) is 3. The highest BCUT2D eigenvalue weighted by molar-refractivity contribution is 6.06. The Morgan fingerprint density at radius 2 is 1.95 bits per heavy atom. The second kappa shape index (κ2) is 12.0. The fourth-order valence-corrected chi connectivity index (χ4v) is 4.90. The smallest absolute Gasteiger partial charge is 0.433 e. The predicted molar refractivity (Wildman–Crippen MR) is 147 cm³/mol. The van der Waals surface area contributed by atoms with Crippen LogP contribution in [0.1, 0.15) is 56.3 Å². The monoisotopic (exact) mass is 531 g/mol. The first-order valence-electron chi connectivity index (χ1n) is 13.3. The first kappa shape index (κ1) is 26.3. The number of methoxy groups -OCH3 is 1. The van der Waals surface area contributed by atoms with Gasteiger partial charge in [0.1, 0.15) is 11.8 Å². The SMILES string of the molecule is CCC1OC(=O)N(C(NC(=O)N2C=CN=CC2)c2ccccc2)N=C1c1ccc(OC)c(OC2CCCC2)c1. The lowest BCUT2D eigenvalue weighted by Gasteiger charge is -2.35. The van der Waals surface area contributed by atoms with E-state index >= 15 is 0 Å². The van der Waals surface area contributed by atoms with Gasteiger partial charge in [-0.15, -0.1) is 0 Å². The molecule has 0 aromatic heterocycles. The Labute approximate surface area is 227 Å². The number of nitrogens with one attached hydrogen (secondary N) is 1. The van der Waals surface area contributed by atoms with E-state index in [2.05, 4.69) is 10.3 Å². The number of rotatable bonds is 8. The fourth-order valence-electron chi connectivity index (χ4n) is 4.90. The van der Waals surface area contributed by atoms with Gasteiger partial charge in [-0.2, -0.15) is 10.1 Å². The molecule has 2 atom stereocenters. The van der Waals surface area contributed by atoms with Crippen LogP contribution in [-0.4, -0.2) is 59.8 Å². The summed E-state index contributed by atoms with van der Waals surface area (Å²) in [4.78, 5) is 31.9. The molecule has 39 heavy (non-hydrogen) atoms. The summed E-state index contributed by atoms with van der Waals surface area (Å²) in [7, 11) is 1.61. The number of carbonyl (C=O) groups is 2. The van der Waals surface area contributed by atoms with Crippen LogP contribution in [0.4, 0.5) is 9.59 Å². The molecule has 1 aliphatic carbocycles. The van der Waals surface area contributed by atoms with Crippen molar-refractivity contribution in [1.82, 2.24) is 15.2 Å². The van der Waals surface area contributed by atoms with Crippen LogP contribution in [0.3, 0.4) is 0 Å². The van der Waals surface area contributed by atoms with Crippen molar-refractivity contribution in [3.05, 3.63) is 72.1 Å². The van der Waals surface area contributed by atoms with Gasteiger partial charge in [0.15, 0.2) is 17.7 Å². The molecule has 1 saturated carbocycles. The normalized spacial score (nSPS) is 19.9. The standard InChI is InChI=1S/C29H33N5O5/c1-3-23-26(21-13-14-24(37-2)25(19-21)38-22-11-7-8-12-22)32-34(29(36)39-23)27(20-9-5-4-6-10-20)31-28(35)33-17-15-30-16-18-33/h4-6,9-10,13-17,19,22-23,27H,3,7-8,11-12,18H2,1-2H3,(H,31,35). The average molecular weight is 532 g/mol. The van der Waals surface area contributed by atoms with E-state index in [9.17, 15) is 9.59 Å². The first-order chi connectivity index (χ1) is 19.1. The molecule has 2 aliphatic heterocycles. The van der Waals surface area contributed by atoms with Crippen molar-refractivity contribution in [3.8, 4) is 11.5 Å². The molecule has 2 heterocycles. The van der Waals surface area contributed by atoms with Crippen molar-refractivity contribution < 1.29 is 23.8 Å². The number of aliphatic imine (C=N–C) groups is 1. The Morgan fingerprint density at radius 1 is 1.15 bits per heavy atom. The molecule has 1 fully saturated rings. The highest BCUT2D eigenvalue weighted by Crippen LogP contribution is 2.34. The molecule has 3 amide bonds. The molecule has 0 saturated heterocycles. The summed E-state index contributed by atoms with van der Waals surface area (Å²) >= 11 is 0. The van der Waals surface area contributed by atoms with Crippen molar-refractivity contribution in [2.45, 2.75) is 57.4 Å². The predicted octanol–water partition coefficient (Wildman–Crippen LogP) is 5.22. The van der Waals surface area contributed by atoms with Crippen LogP contribution in [-0.2, 0) is 4.74 Å². The minimum absolute atomic E-state index is 0.144. The van der Waals surface area contributed by atoms with Crippen LogP contribution in [0.25, 0.3) is 0 Å². The Morgan fingerprint density at radius 3 is 2.64 bits per heavy atom. The van der Waals surface area contributed by atoms with Crippen LogP contribution >= 0.6 is 0 Å². The summed E-state index contributed by atoms with van der Waals surface area (Å²) in [6.45, 7) is 2.25. The van der Waals surface area contributed by atoms with E-state index in [-0.39, 0.29) is 6.10 Å². The van der Waals surface area contributed by atoms with Crippen LogP contribution in [0.2, 0.25) is 0 Å². The summed E-state index contributed by atoms with van der Waals surface area (Å²) in [5.74, 6) is 1.27. The Balaban J connectivity index is 1.50. The minimum atomic E-state index is -0.904. The highest BCUT2D eigenvalue weighted by Gasteiger charge is 2.37. The van der Waals surface area contributed by atoms with E-state index in [1.165, 1.54) is 16.1 Å². The number of nitrogens with zero attached hydrogens (tertiary/aromatic N) is 4. The lowest BCUT2D eigenvalue weighted by atomic mass is 10.0. The van der Waals surface area contributed by atoms with Gasteiger partial charge in [-0.05, 0) is 55.9 Å². The molecule has 0 spiro atoms. The second-order valence-corrected chi connectivity index (χ2v) is 9.55. The van der Waals surface area contributed by atoms with Crippen molar-refractivity contribution >= 4 is 24.1 Å². The van der Waals surface area contributed by atoms with Crippen LogP contribution in [0.5, 0.6) is 11.5 Å². The van der Waals surface area contributed by atoms with E-state index in [4.69, 9.17) is 19.3 Å². The maximum absolute atomic E-state index is 13.3. The number of amides is 3. The van der Waals surface area contributed by atoms with E-state index in [1.807, 2.05) is 55.5 Å². The molecule has 5 rings (SSSR count). The lowest BCUT2D eigenvalue weighted by molar-refractivity contribution is 0.0530. The van der Waals surface area contributed by atoms with Gasteiger partial charge in [0.05, 0.1) is 19.8 Å². The number of hydrogen-bond acceptors (Lipinski definition) is 7. The number of carbonyl (C=O) groups excluding carboxylic acids is 2. The lowest BCUT2D eigenvalue weighted by Crippen LogP contribution is -2.50. The molecule has 0 radical (unpaired) electrons. The van der Waals surface area contributed by atoms with Crippen LogP contribution in [0, 0.1) is 0 Å². The maximum Gasteiger partial charge on any atom is 0.433 e. The minimum Gasteiger partial charge on any atom is -0.493 e. The second-order valence-electron chi connectivity index (χ2n) is 9.55. The zero-order valence-corrected chi connectivity index (χ0v) is 22.2. The molecule has 1 N–H and O–H groups in total. The maximum atomic E-state index is 13.3. The summed E-state index contributed by atoms with van der Waals surface area (Å²) in [6, 6.07) is 14.4. The fraction of sp³-hybridized carbons (Fsp3) is 0.379. The molecule has 0 bridgehead atoms. The third kappa shape index (κ3) is 5.89. The third-order valence-corrected chi connectivity index (χ3v) is 6.97. The van der Waals surface area contributed by atoms with Crippen molar-refractivity contribution in [3.63, 3.8) is 0 Å². The molecule has 2 aromatic rings.